The summed E-state index contributed by atoms with van der Waals surface area (Å²) in [6.07, 6.45) is 2.57. The molecule has 0 saturated carbocycles. The lowest BCUT2D eigenvalue weighted by atomic mass is 10.2. The van der Waals surface area contributed by atoms with E-state index in [0.717, 1.165) is 41.3 Å². The van der Waals surface area contributed by atoms with E-state index in [9.17, 15) is 0 Å². The van der Waals surface area contributed by atoms with Crippen LogP contribution in [0.3, 0.4) is 0 Å². The summed E-state index contributed by atoms with van der Waals surface area (Å²) in [5.74, 6) is 0.628. The van der Waals surface area contributed by atoms with E-state index in [-0.39, 0.29) is 0 Å². The highest BCUT2D eigenvalue weighted by molar-refractivity contribution is 7.14. The van der Waals surface area contributed by atoms with E-state index in [1.54, 1.807) is 22.7 Å². The number of anilines is 2. The Morgan fingerprint density at radius 1 is 1.15 bits per heavy atom. The monoisotopic (exact) mass is 308 g/mol. The van der Waals surface area contributed by atoms with Crippen LogP contribution in [-0.4, -0.2) is 29.6 Å². The van der Waals surface area contributed by atoms with Gasteiger partial charge in [-0.05, 0) is 18.8 Å². The number of nitrogens with one attached hydrogen (secondary N) is 1. The van der Waals surface area contributed by atoms with E-state index < -0.39 is 0 Å². The molecule has 1 fully saturated rings. The highest BCUT2D eigenvalue weighted by atomic mass is 32.1. The predicted octanol–water partition coefficient (Wildman–Crippen LogP) is 3.93. The Morgan fingerprint density at radius 3 is 2.60 bits per heavy atom. The van der Waals surface area contributed by atoms with Crippen molar-refractivity contribution in [2.75, 3.05) is 29.9 Å². The minimum Gasteiger partial charge on any atom is -0.361 e. The van der Waals surface area contributed by atoms with Crippen LogP contribution in [0.25, 0.3) is 11.4 Å². The van der Waals surface area contributed by atoms with E-state index in [4.69, 9.17) is 4.98 Å². The molecule has 1 aliphatic rings. The molecule has 2 aromatic heterocycles. The Kier molecular flexibility index (Phi) is 4.21. The summed E-state index contributed by atoms with van der Waals surface area (Å²) >= 11 is 3.38. The standard InChI is InChI=1S/C14H20N4S2/c1-10(2)7-15-13-16-11(8-19-13)12-9-20-14(17-12)18-5-3-4-6-18/h8-10H,3-7H2,1-2H3,(H,15,16). The predicted molar refractivity (Wildman–Crippen MR) is 88.0 cm³/mol. The van der Waals surface area contributed by atoms with Gasteiger partial charge in [-0.3, -0.25) is 0 Å². The van der Waals surface area contributed by atoms with Gasteiger partial charge >= 0.3 is 0 Å². The van der Waals surface area contributed by atoms with Gasteiger partial charge in [0, 0.05) is 30.4 Å². The Balaban J connectivity index is 1.69. The molecule has 20 heavy (non-hydrogen) atoms. The summed E-state index contributed by atoms with van der Waals surface area (Å²) in [5, 5.41) is 9.71. The summed E-state index contributed by atoms with van der Waals surface area (Å²) < 4.78 is 0. The van der Waals surface area contributed by atoms with Crippen molar-refractivity contribution in [3.05, 3.63) is 10.8 Å². The Morgan fingerprint density at radius 2 is 1.85 bits per heavy atom. The van der Waals surface area contributed by atoms with Crippen LogP contribution in [0.2, 0.25) is 0 Å². The lowest BCUT2D eigenvalue weighted by molar-refractivity contribution is 0.688. The third kappa shape index (κ3) is 3.12. The first-order chi connectivity index (χ1) is 9.72. The molecule has 0 radical (unpaired) electrons. The fraction of sp³-hybridized carbons (Fsp3) is 0.571. The molecule has 0 unspecified atom stereocenters. The first-order valence-electron chi connectivity index (χ1n) is 7.12. The van der Waals surface area contributed by atoms with Gasteiger partial charge in [0.2, 0.25) is 0 Å². The van der Waals surface area contributed by atoms with Crippen LogP contribution in [0.15, 0.2) is 10.8 Å². The summed E-state index contributed by atoms with van der Waals surface area (Å²) in [6.45, 7) is 7.65. The van der Waals surface area contributed by atoms with Gasteiger partial charge in [0.05, 0.1) is 0 Å². The quantitative estimate of drug-likeness (QED) is 0.908. The molecule has 1 N–H and O–H groups in total. The fourth-order valence-corrected chi connectivity index (χ4v) is 3.79. The maximum absolute atomic E-state index is 4.73. The van der Waals surface area contributed by atoms with E-state index in [1.807, 2.05) is 0 Å². The maximum Gasteiger partial charge on any atom is 0.185 e. The molecule has 1 aliphatic heterocycles. The molecule has 1 saturated heterocycles. The number of hydrogen-bond donors (Lipinski definition) is 1. The zero-order valence-corrected chi connectivity index (χ0v) is 13.6. The van der Waals surface area contributed by atoms with Crippen LogP contribution in [0.4, 0.5) is 10.3 Å². The lowest BCUT2D eigenvalue weighted by Crippen LogP contribution is -2.17. The second kappa shape index (κ2) is 6.10. The van der Waals surface area contributed by atoms with Crippen molar-refractivity contribution < 1.29 is 0 Å². The van der Waals surface area contributed by atoms with Crippen molar-refractivity contribution in [3.8, 4) is 11.4 Å². The summed E-state index contributed by atoms with van der Waals surface area (Å²) in [7, 11) is 0. The molecule has 0 atom stereocenters. The largest absolute Gasteiger partial charge is 0.361 e. The molecule has 0 aliphatic carbocycles. The van der Waals surface area contributed by atoms with Crippen molar-refractivity contribution in [2.45, 2.75) is 26.7 Å². The Hall–Kier alpha value is -1.14. The molecule has 0 amide bonds. The number of nitrogens with zero attached hydrogens (tertiary/aromatic N) is 3. The number of aromatic nitrogens is 2. The van der Waals surface area contributed by atoms with Crippen LogP contribution in [0.5, 0.6) is 0 Å². The number of rotatable bonds is 5. The van der Waals surface area contributed by atoms with Gasteiger partial charge in [-0.15, -0.1) is 22.7 Å². The molecule has 2 aromatic rings. The van der Waals surface area contributed by atoms with Crippen LogP contribution < -0.4 is 10.2 Å². The first kappa shape index (κ1) is 13.8. The SMILES string of the molecule is CC(C)CNc1nc(-c2csc(N3CCCC3)n2)cs1. The second-order valence-electron chi connectivity index (χ2n) is 5.52. The molecule has 4 nitrogen and oxygen atoms in total. The third-order valence-electron chi connectivity index (χ3n) is 3.30. The third-order valence-corrected chi connectivity index (χ3v) is 5.00. The van der Waals surface area contributed by atoms with Gasteiger partial charge in [-0.25, -0.2) is 9.97 Å². The van der Waals surface area contributed by atoms with Crippen LogP contribution in [-0.2, 0) is 0 Å². The first-order valence-corrected chi connectivity index (χ1v) is 8.88. The molecule has 3 heterocycles. The minimum absolute atomic E-state index is 0.628. The van der Waals surface area contributed by atoms with Crippen LogP contribution in [0.1, 0.15) is 26.7 Å². The van der Waals surface area contributed by atoms with E-state index in [2.05, 4.69) is 39.8 Å². The fourth-order valence-electron chi connectivity index (χ4n) is 2.20. The van der Waals surface area contributed by atoms with Crippen molar-refractivity contribution in [3.63, 3.8) is 0 Å². The minimum atomic E-state index is 0.628. The lowest BCUT2D eigenvalue weighted by Gasteiger charge is -2.11. The van der Waals surface area contributed by atoms with Crippen molar-refractivity contribution in [2.24, 2.45) is 5.92 Å². The molecular formula is C14H20N4S2. The molecule has 108 valence electrons. The van der Waals surface area contributed by atoms with Crippen molar-refractivity contribution in [1.82, 2.24) is 9.97 Å². The zero-order chi connectivity index (χ0) is 13.9. The molecular weight excluding hydrogens is 288 g/mol. The molecule has 6 heteroatoms. The normalized spacial score (nSPS) is 15.2. The highest BCUT2D eigenvalue weighted by Gasteiger charge is 2.17. The molecule has 0 spiro atoms. The summed E-state index contributed by atoms with van der Waals surface area (Å²) in [6, 6.07) is 0. The maximum atomic E-state index is 4.73. The topological polar surface area (TPSA) is 41.1 Å². The number of hydrogen-bond acceptors (Lipinski definition) is 6. The van der Waals surface area contributed by atoms with Gasteiger partial charge in [0.15, 0.2) is 10.3 Å². The average Bonchev–Trinajstić information content (AvgIpc) is 3.15. The Bertz CT molecular complexity index is 555. The average molecular weight is 308 g/mol. The second-order valence-corrected chi connectivity index (χ2v) is 7.22. The number of thiazole rings is 2. The van der Waals surface area contributed by atoms with E-state index in [0.29, 0.717) is 5.92 Å². The summed E-state index contributed by atoms with van der Waals surface area (Å²) in [4.78, 5) is 11.7. The molecule has 3 rings (SSSR count). The van der Waals surface area contributed by atoms with Gasteiger partial charge in [0.25, 0.3) is 0 Å². The zero-order valence-electron chi connectivity index (χ0n) is 11.9. The Labute approximate surface area is 127 Å². The van der Waals surface area contributed by atoms with Gasteiger partial charge in [-0.1, -0.05) is 13.8 Å². The van der Waals surface area contributed by atoms with E-state index >= 15 is 0 Å². The molecule has 0 bridgehead atoms. The molecule has 0 aromatic carbocycles. The van der Waals surface area contributed by atoms with Gasteiger partial charge in [0.1, 0.15) is 11.4 Å². The summed E-state index contributed by atoms with van der Waals surface area (Å²) in [5.41, 5.74) is 1.99. The van der Waals surface area contributed by atoms with Gasteiger partial charge < -0.3 is 10.2 Å². The van der Waals surface area contributed by atoms with Crippen molar-refractivity contribution in [1.29, 1.82) is 0 Å². The van der Waals surface area contributed by atoms with E-state index in [1.165, 1.54) is 12.8 Å². The van der Waals surface area contributed by atoms with Crippen LogP contribution >= 0.6 is 22.7 Å². The smallest absolute Gasteiger partial charge is 0.185 e. The van der Waals surface area contributed by atoms with Crippen LogP contribution in [0, 0.1) is 5.92 Å². The highest BCUT2D eigenvalue weighted by Crippen LogP contribution is 2.31. The van der Waals surface area contributed by atoms with Crippen molar-refractivity contribution >= 4 is 32.9 Å². The van der Waals surface area contributed by atoms with Gasteiger partial charge in [-0.2, -0.15) is 0 Å².